The van der Waals surface area contributed by atoms with Crippen molar-refractivity contribution in [3.63, 3.8) is 0 Å². The van der Waals surface area contributed by atoms with Crippen molar-refractivity contribution in [1.29, 1.82) is 5.26 Å². The molecule has 1 fully saturated rings. The first kappa shape index (κ1) is 21.5. The number of hydrogen-bond donors (Lipinski definition) is 3. The minimum absolute atomic E-state index is 0.317. The molecule has 5 amide bonds. The first-order valence-corrected chi connectivity index (χ1v) is 10.9. The summed E-state index contributed by atoms with van der Waals surface area (Å²) >= 11 is 1.32. The van der Waals surface area contributed by atoms with Crippen molar-refractivity contribution in [2.45, 2.75) is 38.1 Å². The third-order valence-electron chi connectivity index (χ3n) is 5.84. The number of imide groups is 1. The van der Waals surface area contributed by atoms with E-state index in [9.17, 15) is 19.2 Å². The van der Waals surface area contributed by atoms with Crippen molar-refractivity contribution < 1.29 is 19.2 Å². The van der Waals surface area contributed by atoms with E-state index in [0.717, 1.165) is 41.0 Å². The van der Waals surface area contributed by atoms with E-state index in [1.807, 2.05) is 6.07 Å². The molecule has 4 N–H and O–H groups in total. The van der Waals surface area contributed by atoms with E-state index in [2.05, 4.69) is 10.6 Å². The van der Waals surface area contributed by atoms with E-state index < -0.39 is 35.8 Å². The fraction of sp³-hybridized carbons (Fsp3) is 0.318. The number of rotatable bonds is 5. The highest BCUT2D eigenvalue weighted by Crippen LogP contribution is 2.38. The molecule has 0 bridgehead atoms. The Morgan fingerprint density at radius 2 is 1.94 bits per heavy atom. The zero-order chi connectivity index (χ0) is 23.0. The Morgan fingerprint density at radius 3 is 2.59 bits per heavy atom. The van der Waals surface area contributed by atoms with Crippen molar-refractivity contribution in [2.24, 2.45) is 5.73 Å². The van der Waals surface area contributed by atoms with Gasteiger partial charge in [0, 0.05) is 4.88 Å². The number of nitriles is 1. The zero-order valence-electron chi connectivity index (χ0n) is 17.4. The van der Waals surface area contributed by atoms with Gasteiger partial charge in [0.25, 0.3) is 11.8 Å². The van der Waals surface area contributed by atoms with Gasteiger partial charge in [-0.1, -0.05) is 12.1 Å². The molecule has 1 aliphatic carbocycles. The van der Waals surface area contributed by atoms with Gasteiger partial charge in [0.1, 0.15) is 17.1 Å². The molecule has 1 aromatic heterocycles. The number of carbonyl (C=O) groups excluding carboxylic acids is 4. The Morgan fingerprint density at radius 1 is 1.25 bits per heavy atom. The number of primary amides is 1. The molecule has 1 saturated heterocycles. The van der Waals surface area contributed by atoms with Gasteiger partial charge in [0.15, 0.2) is 0 Å². The van der Waals surface area contributed by atoms with Crippen molar-refractivity contribution >= 4 is 40.1 Å². The van der Waals surface area contributed by atoms with Gasteiger partial charge < -0.3 is 16.4 Å². The molecule has 1 atom stereocenters. The monoisotopic (exact) mass is 451 g/mol. The summed E-state index contributed by atoms with van der Waals surface area (Å²) in [4.78, 5) is 52.1. The van der Waals surface area contributed by atoms with E-state index in [1.54, 1.807) is 31.2 Å². The van der Waals surface area contributed by atoms with E-state index in [-0.39, 0.29) is 0 Å². The van der Waals surface area contributed by atoms with E-state index >= 15 is 0 Å². The SMILES string of the molecule is C[C@]1(c2ccc(C#N)cc2)NC(=O)N(CC(=O)Nc2sc3c(c2C(N)=O)CCCC3)C1=O. The Hall–Kier alpha value is -3.71. The predicted octanol–water partition coefficient (Wildman–Crippen LogP) is 2.00. The van der Waals surface area contributed by atoms with Crippen LogP contribution in [0, 0.1) is 11.3 Å². The van der Waals surface area contributed by atoms with E-state index in [0.29, 0.717) is 21.7 Å². The minimum atomic E-state index is -1.36. The van der Waals surface area contributed by atoms with Crippen LogP contribution in [0.3, 0.4) is 0 Å². The van der Waals surface area contributed by atoms with E-state index in [4.69, 9.17) is 11.0 Å². The summed E-state index contributed by atoms with van der Waals surface area (Å²) in [5.74, 6) is -1.79. The highest BCUT2D eigenvalue weighted by molar-refractivity contribution is 7.17. The van der Waals surface area contributed by atoms with E-state index in [1.165, 1.54) is 11.3 Å². The summed E-state index contributed by atoms with van der Waals surface area (Å²) in [6.07, 6.45) is 3.52. The summed E-state index contributed by atoms with van der Waals surface area (Å²) in [6, 6.07) is 7.60. The summed E-state index contributed by atoms with van der Waals surface area (Å²) in [7, 11) is 0. The predicted molar refractivity (Wildman–Crippen MR) is 117 cm³/mol. The van der Waals surface area contributed by atoms with Crippen LogP contribution < -0.4 is 16.4 Å². The number of aryl methyl sites for hydroxylation is 1. The second-order valence-electron chi connectivity index (χ2n) is 7.96. The van der Waals surface area contributed by atoms with Crippen LogP contribution in [0.2, 0.25) is 0 Å². The summed E-state index contributed by atoms with van der Waals surface area (Å²) in [6.45, 7) is 1.04. The first-order chi connectivity index (χ1) is 15.2. The van der Waals surface area contributed by atoms with Crippen molar-refractivity contribution in [1.82, 2.24) is 10.2 Å². The van der Waals surface area contributed by atoms with Gasteiger partial charge in [-0.25, -0.2) is 4.79 Å². The molecule has 2 aliphatic rings. The Labute approximate surface area is 188 Å². The molecular weight excluding hydrogens is 430 g/mol. The summed E-state index contributed by atoms with van der Waals surface area (Å²) in [5.41, 5.74) is 6.32. The lowest BCUT2D eigenvalue weighted by atomic mass is 9.91. The Bertz CT molecular complexity index is 1180. The van der Waals surface area contributed by atoms with Crippen molar-refractivity contribution in [3.05, 3.63) is 51.4 Å². The highest BCUT2D eigenvalue weighted by atomic mass is 32.1. The number of nitrogens with zero attached hydrogens (tertiary/aromatic N) is 2. The van der Waals surface area contributed by atoms with Gasteiger partial charge in [-0.2, -0.15) is 5.26 Å². The maximum absolute atomic E-state index is 13.0. The summed E-state index contributed by atoms with van der Waals surface area (Å²) < 4.78 is 0. The second-order valence-corrected chi connectivity index (χ2v) is 9.07. The fourth-order valence-corrected chi connectivity index (χ4v) is 5.45. The number of urea groups is 1. The average Bonchev–Trinajstić information content (AvgIpc) is 3.24. The third kappa shape index (κ3) is 3.61. The zero-order valence-corrected chi connectivity index (χ0v) is 18.2. The lowest BCUT2D eigenvalue weighted by Gasteiger charge is -2.22. The molecule has 1 aliphatic heterocycles. The molecule has 4 rings (SSSR count). The molecule has 0 unspecified atom stereocenters. The number of nitrogens with one attached hydrogen (secondary N) is 2. The molecule has 10 heteroatoms. The van der Waals surface area contributed by atoms with Crippen LogP contribution in [0.4, 0.5) is 9.80 Å². The molecule has 32 heavy (non-hydrogen) atoms. The molecule has 2 aromatic rings. The van der Waals surface area contributed by atoms with Gasteiger partial charge in [0.2, 0.25) is 5.91 Å². The largest absolute Gasteiger partial charge is 0.365 e. The normalized spacial score (nSPS) is 19.8. The van der Waals surface area contributed by atoms with Crippen LogP contribution in [0.1, 0.15) is 51.7 Å². The highest BCUT2D eigenvalue weighted by Gasteiger charge is 2.49. The molecule has 0 spiro atoms. The number of thiophene rings is 1. The molecule has 1 aromatic carbocycles. The number of benzene rings is 1. The smallest absolute Gasteiger partial charge is 0.325 e. The van der Waals surface area contributed by atoms with Gasteiger partial charge in [-0.15, -0.1) is 11.3 Å². The van der Waals surface area contributed by atoms with Crippen molar-refractivity contribution in [3.8, 4) is 6.07 Å². The minimum Gasteiger partial charge on any atom is -0.365 e. The lowest BCUT2D eigenvalue weighted by molar-refractivity contribution is -0.133. The van der Waals surface area contributed by atoms with Crippen LogP contribution in [0.25, 0.3) is 0 Å². The standard InChI is InChI=1S/C22H21N5O4S/c1-22(13-8-6-12(10-23)7-9-13)20(30)27(21(31)26-22)11-16(28)25-19-17(18(24)29)14-4-2-3-5-15(14)32-19/h6-9H,2-5,11H2,1H3,(H2,24,29)(H,25,28)(H,26,31)/t22-/m1/s1. The summed E-state index contributed by atoms with van der Waals surface area (Å²) in [5, 5.41) is 14.6. The Kier molecular flexibility index (Phi) is 5.44. The fourth-order valence-electron chi connectivity index (χ4n) is 4.14. The van der Waals surface area contributed by atoms with Crippen LogP contribution in [0.5, 0.6) is 0 Å². The maximum Gasteiger partial charge on any atom is 0.325 e. The average molecular weight is 452 g/mol. The van der Waals surface area contributed by atoms with Crippen LogP contribution in [0.15, 0.2) is 24.3 Å². The number of fused-ring (bicyclic) bond motifs is 1. The number of hydrogen-bond acceptors (Lipinski definition) is 6. The number of amides is 5. The number of anilines is 1. The third-order valence-corrected chi connectivity index (χ3v) is 7.05. The molecule has 0 saturated carbocycles. The number of carbonyl (C=O) groups is 4. The molecule has 2 heterocycles. The topological polar surface area (TPSA) is 145 Å². The van der Waals surface area contributed by atoms with Crippen LogP contribution >= 0.6 is 11.3 Å². The quantitative estimate of drug-likeness (QED) is 0.595. The molecule has 164 valence electrons. The maximum atomic E-state index is 13.0. The van der Waals surface area contributed by atoms with Crippen molar-refractivity contribution in [2.75, 3.05) is 11.9 Å². The van der Waals surface area contributed by atoms with Gasteiger partial charge in [-0.05, 0) is 55.9 Å². The van der Waals surface area contributed by atoms with Gasteiger partial charge in [0.05, 0.1) is 17.2 Å². The first-order valence-electron chi connectivity index (χ1n) is 10.1. The molecule has 0 radical (unpaired) electrons. The Balaban J connectivity index is 1.52. The molecular formula is C22H21N5O4S. The lowest BCUT2D eigenvalue weighted by Crippen LogP contribution is -2.42. The molecule has 9 nitrogen and oxygen atoms in total. The number of nitrogens with two attached hydrogens (primary N) is 1. The van der Waals surface area contributed by atoms with Gasteiger partial charge >= 0.3 is 6.03 Å². The van der Waals surface area contributed by atoms with Gasteiger partial charge in [-0.3, -0.25) is 19.3 Å². The van der Waals surface area contributed by atoms with Crippen LogP contribution in [-0.4, -0.2) is 35.2 Å². The second kappa shape index (κ2) is 8.09. The van der Waals surface area contributed by atoms with Crippen LogP contribution in [-0.2, 0) is 28.0 Å².